The number of thiazole rings is 1. The van der Waals surface area contributed by atoms with E-state index in [1.807, 2.05) is 31.4 Å². The van der Waals surface area contributed by atoms with E-state index < -0.39 is 0 Å². The maximum atomic E-state index is 11.5. The number of ether oxygens (including phenoxy) is 1. The van der Waals surface area contributed by atoms with Gasteiger partial charge in [-0.3, -0.25) is 4.79 Å². The van der Waals surface area contributed by atoms with E-state index in [0.717, 1.165) is 16.3 Å². The molecule has 1 heterocycles. The summed E-state index contributed by atoms with van der Waals surface area (Å²) in [7, 11) is 0. The van der Waals surface area contributed by atoms with Gasteiger partial charge in [-0.1, -0.05) is 6.07 Å². The maximum Gasteiger partial charge on any atom is 0.163 e. The molecule has 94 valence electrons. The standard InChI is InChI=1S/C14H15NO2S/c1-9-4-5-12(11(3)16)13(6-9)17-7-14-15-10(2)8-18-14/h4-6,8H,7H2,1-3H3. The van der Waals surface area contributed by atoms with E-state index in [2.05, 4.69) is 4.98 Å². The minimum atomic E-state index is 0.0142. The maximum absolute atomic E-state index is 11.5. The zero-order chi connectivity index (χ0) is 13.1. The van der Waals surface area contributed by atoms with E-state index in [-0.39, 0.29) is 5.78 Å². The number of Topliss-reactive ketones (excluding diaryl/α,β-unsaturated/α-hetero) is 1. The van der Waals surface area contributed by atoms with Crippen molar-refractivity contribution in [2.45, 2.75) is 27.4 Å². The van der Waals surface area contributed by atoms with Crippen LogP contribution in [0.5, 0.6) is 5.75 Å². The van der Waals surface area contributed by atoms with E-state index in [0.29, 0.717) is 17.9 Å². The Hall–Kier alpha value is -1.68. The normalized spacial score (nSPS) is 10.4. The van der Waals surface area contributed by atoms with Gasteiger partial charge in [-0.15, -0.1) is 11.3 Å². The lowest BCUT2D eigenvalue weighted by molar-refractivity contribution is 0.101. The predicted octanol–water partition coefficient (Wildman–Crippen LogP) is 3.54. The topological polar surface area (TPSA) is 39.2 Å². The Morgan fingerprint density at radius 1 is 1.39 bits per heavy atom. The highest BCUT2D eigenvalue weighted by molar-refractivity contribution is 7.09. The van der Waals surface area contributed by atoms with Crippen LogP contribution in [0.3, 0.4) is 0 Å². The minimum absolute atomic E-state index is 0.0142. The molecule has 0 fully saturated rings. The molecule has 0 bridgehead atoms. The van der Waals surface area contributed by atoms with Gasteiger partial charge in [0.1, 0.15) is 17.4 Å². The number of benzene rings is 1. The molecule has 0 N–H and O–H groups in total. The summed E-state index contributed by atoms with van der Waals surface area (Å²) < 4.78 is 5.71. The quantitative estimate of drug-likeness (QED) is 0.790. The molecule has 0 atom stereocenters. The number of nitrogens with zero attached hydrogens (tertiary/aromatic N) is 1. The van der Waals surface area contributed by atoms with Crippen LogP contribution in [0.15, 0.2) is 23.6 Å². The van der Waals surface area contributed by atoms with Crippen LogP contribution in [0.1, 0.15) is 33.5 Å². The first-order valence-corrected chi connectivity index (χ1v) is 6.59. The van der Waals surface area contributed by atoms with Gasteiger partial charge >= 0.3 is 0 Å². The van der Waals surface area contributed by atoms with Gasteiger partial charge in [0.15, 0.2) is 5.78 Å². The molecule has 1 aromatic carbocycles. The SMILES string of the molecule is CC(=O)c1ccc(C)cc1OCc1nc(C)cs1. The third-order valence-corrected chi connectivity index (χ3v) is 3.47. The molecule has 0 spiro atoms. The third kappa shape index (κ3) is 2.96. The number of rotatable bonds is 4. The highest BCUT2D eigenvalue weighted by atomic mass is 32.1. The average molecular weight is 261 g/mol. The fourth-order valence-corrected chi connectivity index (χ4v) is 2.33. The van der Waals surface area contributed by atoms with Crippen molar-refractivity contribution in [2.75, 3.05) is 0 Å². The van der Waals surface area contributed by atoms with Crippen molar-refractivity contribution in [3.8, 4) is 5.75 Å². The van der Waals surface area contributed by atoms with Crippen LogP contribution >= 0.6 is 11.3 Å². The summed E-state index contributed by atoms with van der Waals surface area (Å²) in [5, 5.41) is 2.91. The van der Waals surface area contributed by atoms with Crippen molar-refractivity contribution >= 4 is 17.1 Å². The molecule has 0 amide bonds. The molecule has 3 nitrogen and oxygen atoms in total. The molecule has 0 unspecified atom stereocenters. The number of carbonyl (C=O) groups excluding carboxylic acids is 1. The largest absolute Gasteiger partial charge is 0.486 e. The molecule has 0 radical (unpaired) electrons. The molecule has 0 aliphatic carbocycles. The Bertz CT molecular complexity index is 575. The van der Waals surface area contributed by atoms with Gasteiger partial charge in [0.25, 0.3) is 0 Å². The molecule has 18 heavy (non-hydrogen) atoms. The van der Waals surface area contributed by atoms with Crippen molar-refractivity contribution in [1.82, 2.24) is 4.98 Å². The molecular formula is C14H15NO2S. The van der Waals surface area contributed by atoms with E-state index in [1.165, 1.54) is 0 Å². The highest BCUT2D eigenvalue weighted by Crippen LogP contribution is 2.22. The average Bonchev–Trinajstić information content (AvgIpc) is 2.72. The van der Waals surface area contributed by atoms with Gasteiger partial charge in [-0.25, -0.2) is 4.98 Å². The van der Waals surface area contributed by atoms with Crippen LogP contribution in [0.2, 0.25) is 0 Å². The number of aromatic nitrogens is 1. The minimum Gasteiger partial charge on any atom is -0.486 e. The zero-order valence-corrected chi connectivity index (χ0v) is 11.5. The van der Waals surface area contributed by atoms with E-state index in [9.17, 15) is 4.79 Å². The fourth-order valence-electron chi connectivity index (χ4n) is 1.65. The van der Waals surface area contributed by atoms with E-state index in [1.54, 1.807) is 24.3 Å². The Balaban J connectivity index is 2.17. The number of hydrogen-bond donors (Lipinski definition) is 0. The first-order chi connectivity index (χ1) is 8.56. The number of ketones is 1. The van der Waals surface area contributed by atoms with E-state index >= 15 is 0 Å². The summed E-state index contributed by atoms with van der Waals surface area (Å²) in [5.74, 6) is 0.649. The van der Waals surface area contributed by atoms with Crippen molar-refractivity contribution in [3.63, 3.8) is 0 Å². The molecule has 0 saturated carbocycles. The fraction of sp³-hybridized carbons (Fsp3) is 0.286. The third-order valence-electron chi connectivity index (χ3n) is 2.53. The Kier molecular flexibility index (Phi) is 3.77. The van der Waals surface area contributed by atoms with Crippen molar-refractivity contribution < 1.29 is 9.53 Å². The van der Waals surface area contributed by atoms with Crippen LogP contribution in [-0.4, -0.2) is 10.8 Å². The number of hydrogen-bond acceptors (Lipinski definition) is 4. The van der Waals surface area contributed by atoms with Crippen LogP contribution in [-0.2, 0) is 6.61 Å². The first kappa shape index (κ1) is 12.8. The van der Waals surface area contributed by atoms with Crippen LogP contribution in [0.25, 0.3) is 0 Å². The molecule has 4 heteroatoms. The van der Waals surface area contributed by atoms with Gasteiger partial charge < -0.3 is 4.74 Å². The van der Waals surface area contributed by atoms with Crippen molar-refractivity contribution in [2.24, 2.45) is 0 Å². The van der Waals surface area contributed by atoms with Gasteiger partial charge in [0, 0.05) is 11.1 Å². The first-order valence-electron chi connectivity index (χ1n) is 5.71. The Morgan fingerprint density at radius 3 is 2.78 bits per heavy atom. The number of carbonyl (C=O) groups is 1. The molecule has 0 aliphatic heterocycles. The lowest BCUT2D eigenvalue weighted by Crippen LogP contribution is -2.02. The summed E-state index contributed by atoms with van der Waals surface area (Å²) in [4.78, 5) is 15.8. The summed E-state index contributed by atoms with van der Waals surface area (Å²) in [6.07, 6.45) is 0. The Morgan fingerprint density at radius 2 is 2.17 bits per heavy atom. The van der Waals surface area contributed by atoms with Gasteiger partial charge in [0.2, 0.25) is 0 Å². The molecule has 2 rings (SSSR count). The smallest absolute Gasteiger partial charge is 0.163 e. The molecule has 0 aliphatic rings. The zero-order valence-electron chi connectivity index (χ0n) is 10.7. The van der Waals surface area contributed by atoms with Gasteiger partial charge in [0.05, 0.1) is 5.56 Å². The van der Waals surface area contributed by atoms with E-state index in [4.69, 9.17) is 4.74 Å². The molecule has 0 saturated heterocycles. The second-order valence-corrected chi connectivity index (χ2v) is 5.17. The Labute approximate surface area is 110 Å². The molecule has 1 aromatic heterocycles. The van der Waals surface area contributed by atoms with Gasteiger partial charge in [-0.05, 0) is 38.5 Å². The molecular weight excluding hydrogens is 246 g/mol. The summed E-state index contributed by atoms with van der Waals surface area (Å²) >= 11 is 1.57. The summed E-state index contributed by atoms with van der Waals surface area (Å²) in [6, 6.07) is 5.61. The van der Waals surface area contributed by atoms with Crippen LogP contribution in [0, 0.1) is 13.8 Å². The van der Waals surface area contributed by atoms with Crippen LogP contribution in [0.4, 0.5) is 0 Å². The molecule has 2 aromatic rings. The monoisotopic (exact) mass is 261 g/mol. The summed E-state index contributed by atoms with van der Waals surface area (Å²) in [6.45, 7) is 5.88. The second-order valence-electron chi connectivity index (χ2n) is 4.23. The highest BCUT2D eigenvalue weighted by Gasteiger charge is 2.09. The lowest BCUT2D eigenvalue weighted by atomic mass is 10.1. The van der Waals surface area contributed by atoms with Crippen molar-refractivity contribution in [3.05, 3.63) is 45.4 Å². The summed E-state index contributed by atoms with van der Waals surface area (Å²) in [5.41, 5.74) is 2.69. The number of aryl methyl sites for hydroxylation is 2. The van der Waals surface area contributed by atoms with Gasteiger partial charge in [-0.2, -0.15) is 0 Å². The second kappa shape index (κ2) is 5.31. The van der Waals surface area contributed by atoms with Crippen molar-refractivity contribution in [1.29, 1.82) is 0 Å². The predicted molar refractivity (Wildman–Crippen MR) is 72.4 cm³/mol. The van der Waals surface area contributed by atoms with Crippen LogP contribution < -0.4 is 4.74 Å². The lowest BCUT2D eigenvalue weighted by Gasteiger charge is -2.09.